The highest BCUT2D eigenvalue weighted by Crippen LogP contribution is 2.17. The van der Waals surface area contributed by atoms with Crippen molar-refractivity contribution >= 4 is 22.9 Å². The minimum atomic E-state index is 0.369. The molecule has 2 rings (SSSR count). The highest BCUT2D eigenvalue weighted by Gasteiger charge is 2.02. The Labute approximate surface area is 102 Å². The first-order valence-electron chi connectivity index (χ1n) is 4.51. The highest BCUT2D eigenvalue weighted by atomic mass is 35.5. The molecule has 0 bridgehead atoms. The van der Waals surface area contributed by atoms with Gasteiger partial charge in [0, 0.05) is 10.4 Å². The molecule has 0 atom stereocenters. The van der Waals surface area contributed by atoms with Crippen LogP contribution in [0.15, 0.2) is 29.6 Å². The Bertz CT molecular complexity index is 516. The zero-order valence-electron chi connectivity index (χ0n) is 8.18. The minimum absolute atomic E-state index is 0.369. The molecule has 0 amide bonds. The van der Waals surface area contributed by atoms with Crippen LogP contribution in [0, 0.1) is 11.3 Å². The fourth-order valence-corrected chi connectivity index (χ4v) is 1.86. The molecular formula is C11H7ClN2OS. The van der Waals surface area contributed by atoms with E-state index < -0.39 is 0 Å². The molecule has 3 nitrogen and oxygen atoms in total. The average Bonchev–Trinajstić information content (AvgIpc) is 2.76. The lowest BCUT2D eigenvalue weighted by atomic mass is 10.3. The van der Waals surface area contributed by atoms with Crippen LogP contribution in [-0.2, 0) is 6.61 Å². The molecule has 1 aromatic carbocycles. The van der Waals surface area contributed by atoms with Crippen molar-refractivity contribution in [2.45, 2.75) is 6.61 Å². The van der Waals surface area contributed by atoms with Gasteiger partial charge in [0.2, 0.25) is 0 Å². The number of halogens is 1. The second-order valence-corrected chi connectivity index (χ2v) is 4.36. The number of thiazole rings is 1. The smallest absolute Gasteiger partial charge is 0.151 e. The van der Waals surface area contributed by atoms with Crippen LogP contribution in [0.4, 0.5) is 0 Å². The van der Waals surface area contributed by atoms with E-state index in [1.165, 1.54) is 11.3 Å². The monoisotopic (exact) mass is 250 g/mol. The second kappa shape index (κ2) is 4.97. The molecular weight excluding hydrogens is 244 g/mol. The summed E-state index contributed by atoms with van der Waals surface area (Å²) in [6, 6.07) is 9.09. The fourth-order valence-electron chi connectivity index (χ4n) is 1.10. The Morgan fingerprint density at radius 1 is 1.38 bits per heavy atom. The zero-order chi connectivity index (χ0) is 11.4. The van der Waals surface area contributed by atoms with Crippen molar-refractivity contribution in [1.29, 1.82) is 5.26 Å². The van der Waals surface area contributed by atoms with E-state index in [0.29, 0.717) is 17.3 Å². The molecule has 0 aliphatic carbocycles. The van der Waals surface area contributed by atoms with Crippen molar-refractivity contribution in [2.24, 2.45) is 0 Å². The molecule has 1 heterocycles. The van der Waals surface area contributed by atoms with Gasteiger partial charge in [0.05, 0.1) is 0 Å². The van der Waals surface area contributed by atoms with E-state index in [1.807, 2.05) is 6.07 Å². The summed E-state index contributed by atoms with van der Waals surface area (Å²) in [7, 11) is 0. The van der Waals surface area contributed by atoms with E-state index >= 15 is 0 Å². The van der Waals surface area contributed by atoms with Crippen LogP contribution in [0.3, 0.4) is 0 Å². The van der Waals surface area contributed by atoms with Gasteiger partial charge in [-0.2, -0.15) is 5.26 Å². The number of aromatic nitrogens is 1. The maximum absolute atomic E-state index is 8.61. The van der Waals surface area contributed by atoms with Crippen molar-refractivity contribution in [3.8, 4) is 11.8 Å². The van der Waals surface area contributed by atoms with Gasteiger partial charge in [-0.15, -0.1) is 11.3 Å². The Kier molecular flexibility index (Phi) is 3.40. The van der Waals surface area contributed by atoms with E-state index in [2.05, 4.69) is 4.98 Å². The molecule has 0 saturated carbocycles. The first kappa shape index (κ1) is 10.9. The quantitative estimate of drug-likeness (QED) is 0.840. The summed E-state index contributed by atoms with van der Waals surface area (Å²) in [6.07, 6.45) is 0. The summed E-state index contributed by atoms with van der Waals surface area (Å²) in [5.74, 6) is 0.734. The van der Waals surface area contributed by atoms with Crippen LogP contribution in [0.25, 0.3) is 0 Å². The number of hydrogen-bond acceptors (Lipinski definition) is 4. The molecule has 0 aliphatic rings. The van der Waals surface area contributed by atoms with E-state index in [9.17, 15) is 0 Å². The van der Waals surface area contributed by atoms with Gasteiger partial charge in [0.25, 0.3) is 0 Å². The molecule has 0 radical (unpaired) electrons. The van der Waals surface area contributed by atoms with Gasteiger partial charge in [-0.05, 0) is 24.3 Å². The van der Waals surface area contributed by atoms with Crippen LogP contribution in [0.2, 0.25) is 5.02 Å². The van der Waals surface area contributed by atoms with Crippen LogP contribution in [0.1, 0.15) is 10.7 Å². The normalized spacial score (nSPS) is 9.75. The molecule has 0 saturated heterocycles. The second-order valence-electron chi connectivity index (χ2n) is 2.98. The van der Waals surface area contributed by atoms with Crippen molar-refractivity contribution in [1.82, 2.24) is 4.98 Å². The first-order chi connectivity index (χ1) is 7.78. The molecule has 16 heavy (non-hydrogen) atoms. The number of ether oxygens (including phenoxy) is 1. The SMILES string of the molecule is N#Cc1csc(COc2ccc(Cl)cc2)n1. The molecule has 0 N–H and O–H groups in total. The van der Waals surface area contributed by atoms with E-state index in [-0.39, 0.29) is 0 Å². The lowest BCUT2D eigenvalue weighted by molar-refractivity contribution is 0.305. The first-order valence-corrected chi connectivity index (χ1v) is 5.76. The Morgan fingerprint density at radius 3 is 2.75 bits per heavy atom. The summed E-state index contributed by atoms with van der Waals surface area (Å²) in [6.45, 7) is 0.369. The van der Waals surface area contributed by atoms with Crippen molar-refractivity contribution in [2.75, 3.05) is 0 Å². The van der Waals surface area contributed by atoms with Gasteiger partial charge >= 0.3 is 0 Å². The maximum atomic E-state index is 8.61. The summed E-state index contributed by atoms with van der Waals surface area (Å²) in [5.41, 5.74) is 0.430. The molecule has 2 aromatic rings. The van der Waals surface area contributed by atoms with E-state index in [0.717, 1.165) is 10.8 Å². The average molecular weight is 251 g/mol. The number of nitriles is 1. The van der Waals surface area contributed by atoms with E-state index in [4.69, 9.17) is 21.6 Å². The molecule has 1 aromatic heterocycles. The predicted octanol–water partition coefficient (Wildman–Crippen LogP) is 3.25. The minimum Gasteiger partial charge on any atom is -0.486 e. The van der Waals surface area contributed by atoms with Crippen LogP contribution < -0.4 is 4.74 Å². The summed E-state index contributed by atoms with van der Waals surface area (Å²) in [4.78, 5) is 4.07. The fraction of sp³-hybridized carbons (Fsp3) is 0.0909. The molecule has 80 valence electrons. The van der Waals surface area contributed by atoms with Gasteiger partial charge in [-0.3, -0.25) is 0 Å². The van der Waals surface area contributed by atoms with Crippen LogP contribution in [-0.4, -0.2) is 4.98 Å². The lowest BCUT2D eigenvalue weighted by Crippen LogP contribution is -1.94. The summed E-state index contributed by atoms with van der Waals surface area (Å²) < 4.78 is 5.48. The maximum Gasteiger partial charge on any atom is 0.151 e. The Hall–Kier alpha value is -1.57. The van der Waals surface area contributed by atoms with Gasteiger partial charge in [0.15, 0.2) is 5.69 Å². The topological polar surface area (TPSA) is 45.9 Å². The Balaban J connectivity index is 1.97. The summed E-state index contributed by atoms with van der Waals surface area (Å²) >= 11 is 7.16. The number of rotatable bonds is 3. The molecule has 0 spiro atoms. The number of benzene rings is 1. The highest BCUT2D eigenvalue weighted by molar-refractivity contribution is 7.09. The van der Waals surface area contributed by atoms with Crippen LogP contribution >= 0.6 is 22.9 Å². The van der Waals surface area contributed by atoms with Gasteiger partial charge in [-0.1, -0.05) is 11.6 Å². The van der Waals surface area contributed by atoms with Gasteiger partial charge in [0.1, 0.15) is 23.4 Å². The lowest BCUT2D eigenvalue weighted by Gasteiger charge is -2.03. The molecule has 0 aliphatic heterocycles. The van der Waals surface area contributed by atoms with Crippen molar-refractivity contribution in [3.05, 3.63) is 45.4 Å². The standard InChI is InChI=1S/C11H7ClN2OS/c12-8-1-3-10(4-2-8)15-6-11-14-9(5-13)7-16-11/h1-4,7H,6H2. The predicted molar refractivity (Wildman–Crippen MR) is 62.6 cm³/mol. The van der Waals surface area contributed by atoms with E-state index in [1.54, 1.807) is 29.6 Å². The molecule has 5 heteroatoms. The van der Waals surface area contributed by atoms with Gasteiger partial charge in [-0.25, -0.2) is 4.98 Å². The van der Waals surface area contributed by atoms with Crippen LogP contribution in [0.5, 0.6) is 5.75 Å². The molecule has 0 fully saturated rings. The number of hydrogen-bond donors (Lipinski definition) is 0. The largest absolute Gasteiger partial charge is 0.486 e. The third kappa shape index (κ3) is 2.72. The van der Waals surface area contributed by atoms with Gasteiger partial charge < -0.3 is 4.74 Å². The third-order valence-corrected chi connectivity index (χ3v) is 2.92. The van der Waals surface area contributed by atoms with Crippen molar-refractivity contribution < 1.29 is 4.74 Å². The third-order valence-electron chi connectivity index (χ3n) is 1.84. The molecule has 0 unspecified atom stereocenters. The summed E-state index contributed by atoms with van der Waals surface area (Å²) in [5, 5.41) is 11.8. The zero-order valence-corrected chi connectivity index (χ0v) is 9.76. The Morgan fingerprint density at radius 2 is 2.12 bits per heavy atom. The number of nitrogens with zero attached hydrogens (tertiary/aromatic N) is 2. The van der Waals surface area contributed by atoms with Crippen molar-refractivity contribution in [3.63, 3.8) is 0 Å².